The first kappa shape index (κ1) is 12.9. The third-order valence-corrected chi connectivity index (χ3v) is 3.78. The standard InChI is InChI=1S/C19H18O/c1-14-13-18(16-9-5-3-6-10-16)20-19(15(14)2)17-11-7-4-8-12-17/h3-12,18-19H,1-2,13H2/t18-,19+/m0/s1. The molecule has 3 rings (SSSR count). The van der Waals surface area contributed by atoms with Crippen LogP contribution < -0.4 is 0 Å². The van der Waals surface area contributed by atoms with E-state index in [0.717, 1.165) is 23.1 Å². The summed E-state index contributed by atoms with van der Waals surface area (Å²) in [6.45, 7) is 8.32. The quantitative estimate of drug-likeness (QED) is 0.740. The van der Waals surface area contributed by atoms with E-state index in [2.05, 4.69) is 37.4 Å². The summed E-state index contributed by atoms with van der Waals surface area (Å²) in [6, 6.07) is 20.6. The molecule has 20 heavy (non-hydrogen) atoms. The molecular weight excluding hydrogens is 244 g/mol. The zero-order valence-electron chi connectivity index (χ0n) is 11.5. The summed E-state index contributed by atoms with van der Waals surface area (Å²) >= 11 is 0. The molecule has 0 spiro atoms. The Morgan fingerprint density at radius 3 is 1.95 bits per heavy atom. The molecule has 2 aromatic carbocycles. The minimum absolute atomic E-state index is 0.0550. The average molecular weight is 262 g/mol. The Kier molecular flexibility index (Phi) is 3.53. The first-order valence-corrected chi connectivity index (χ1v) is 6.88. The molecule has 0 aliphatic carbocycles. The number of hydrogen-bond donors (Lipinski definition) is 0. The van der Waals surface area contributed by atoms with Crippen molar-refractivity contribution in [2.24, 2.45) is 0 Å². The van der Waals surface area contributed by atoms with Gasteiger partial charge in [0.1, 0.15) is 6.10 Å². The van der Waals surface area contributed by atoms with E-state index in [1.165, 1.54) is 5.56 Å². The van der Waals surface area contributed by atoms with Crippen LogP contribution in [-0.4, -0.2) is 0 Å². The monoisotopic (exact) mass is 262 g/mol. The van der Waals surface area contributed by atoms with Crippen molar-refractivity contribution in [2.75, 3.05) is 0 Å². The van der Waals surface area contributed by atoms with Gasteiger partial charge in [-0.2, -0.15) is 0 Å². The summed E-state index contributed by atoms with van der Waals surface area (Å²) in [5, 5.41) is 0. The fourth-order valence-corrected chi connectivity index (χ4v) is 2.61. The van der Waals surface area contributed by atoms with Gasteiger partial charge in [-0.05, 0) is 22.3 Å². The van der Waals surface area contributed by atoms with Gasteiger partial charge in [0, 0.05) is 6.42 Å². The average Bonchev–Trinajstić information content (AvgIpc) is 2.51. The van der Waals surface area contributed by atoms with Crippen molar-refractivity contribution < 1.29 is 4.74 Å². The number of hydrogen-bond acceptors (Lipinski definition) is 1. The van der Waals surface area contributed by atoms with Crippen LogP contribution in [0.1, 0.15) is 29.8 Å². The summed E-state index contributed by atoms with van der Waals surface area (Å²) in [5.41, 5.74) is 4.41. The smallest absolute Gasteiger partial charge is 0.108 e. The van der Waals surface area contributed by atoms with E-state index in [4.69, 9.17) is 4.74 Å². The van der Waals surface area contributed by atoms with Gasteiger partial charge in [-0.1, -0.05) is 73.8 Å². The lowest BCUT2D eigenvalue weighted by atomic mass is 9.88. The molecule has 0 N–H and O–H groups in total. The molecule has 0 bridgehead atoms. The molecule has 1 aliphatic heterocycles. The highest BCUT2D eigenvalue weighted by Gasteiger charge is 2.29. The third-order valence-electron chi connectivity index (χ3n) is 3.78. The first-order chi connectivity index (χ1) is 9.75. The van der Waals surface area contributed by atoms with E-state index in [9.17, 15) is 0 Å². The molecule has 2 aromatic rings. The SMILES string of the molecule is C=C1C[C@@H](c2ccccc2)O[C@@H](c2ccccc2)C1=C. The molecule has 1 fully saturated rings. The van der Waals surface area contributed by atoms with Crippen LogP contribution in [0.4, 0.5) is 0 Å². The summed E-state index contributed by atoms with van der Waals surface area (Å²) in [6.07, 6.45) is 0.772. The van der Waals surface area contributed by atoms with Crippen LogP contribution in [-0.2, 0) is 4.74 Å². The second kappa shape index (κ2) is 5.48. The molecule has 0 aromatic heterocycles. The highest BCUT2D eigenvalue weighted by molar-refractivity contribution is 5.39. The van der Waals surface area contributed by atoms with Gasteiger partial charge in [0.25, 0.3) is 0 Å². The van der Waals surface area contributed by atoms with Crippen LogP contribution in [0, 0.1) is 0 Å². The van der Waals surface area contributed by atoms with Crippen LogP contribution in [0.2, 0.25) is 0 Å². The van der Waals surface area contributed by atoms with E-state index >= 15 is 0 Å². The van der Waals surface area contributed by atoms with E-state index in [-0.39, 0.29) is 12.2 Å². The summed E-state index contributed by atoms with van der Waals surface area (Å²) < 4.78 is 6.28. The summed E-state index contributed by atoms with van der Waals surface area (Å²) in [4.78, 5) is 0. The van der Waals surface area contributed by atoms with Crippen LogP contribution in [0.3, 0.4) is 0 Å². The topological polar surface area (TPSA) is 9.23 Å². The number of ether oxygens (including phenoxy) is 1. The van der Waals surface area contributed by atoms with Crippen molar-refractivity contribution in [3.8, 4) is 0 Å². The second-order valence-corrected chi connectivity index (χ2v) is 5.16. The molecule has 1 heterocycles. The molecule has 0 unspecified atom stereocenters. The minimum Gasteiger partial charge on any atom is -0.361 e. The van der Waals surface area contributed by atoms with Gasteiger partial charge >= 0.3 is 0 Å². The molecule has 0 radical (unpaired) electrons. The molecule has 2 atom stereocenters. The van der Waals surface area contributed by atoms with Gasteiger partial charge < -0.3 is 4.74 Å². The van der Waals surface area contributed by atoms with Crippen LogP contribution in [0.15, 0.2) is 85.0 Å². The van der Waals surface area contributed by atoms with Crippen molar-refractivity contribution in [3.05, 3.63) is 96.1 Å². The van der Waals surface area contributed by atoms with Crippen molar-refractivity contribution >= 4 is 0 Å². The normalized spacial score (nSPS) is 22.8. The lowest BCUT2D eigenvalue weighted by Gasteiger charge is -2.34. The van der Waals surface area contributed by atoms with Gasteiger partial charge in [-0.3, -0.25) is 0 Å². The maximum absolute atomic E-state index is 6.28. The van der Waals surface area contributed by atoms with Gasteiger partial charge in [-0.15, -0.1) is 0 Å². The Morgan fingerprint density at radius 2 is 1.35 bits per heavy atom. The maximum atomic E-state index is 6.28. The van der Waals surface area contributed by atoms with Crippen LogP contribution in [0.25, 0.3) is 0 Å². The van der Waals surface area contributed by atoms with E-state index < -0.39 is 0 Å². The van der Waals surface area contributed by atoms with Gasteiger partial charge in [0.05, 0.1) is 6.10 Å². The fourth-order valence-electron chi connectivity index (χ4n) is 2.61. The van der Waals surface area contributed by atoms with E-state index in [0.29, 0.717) is 0 Å². The lowest BCUT2D eigenvalue weighted by Crippen LogP contribution is -2.19. The lowest BCUT2D eigenvalue weighted by molar-refractivity contribution is -0.00782. The van der Waals surface area contributed by atoms with Gasteiger partial charge in [0.2, 0.25) is 0 Å². The third kappa shape index (κ3) is 2.45. The van der Waals surface area contributed by atoms with E-state index in [1.807, 2.05) is 36.4 Å². The molecule has 100 valence electrons. The fraction of sp³-hybridized carbons (Fsp3) is 0.158. The molecular formula is C19H18O. The molecule has 0 amide bonds. The van der Waals surface area contributed by atoms with Gasteiger partial charge in [0.15, 0.2) is 0 Å². The van der Waals surface area contributed by atoms with Crippen LogP contribution >= 0.6 is 0 Å². The Balaban J connectivity index is 1.91. The second-order valence-electron chi connectivity index (χ2n) is 5.16. The molecule has 0 saturated carbocycles. The highest BCUT2D eigenvalue weighted by Crippen LogP contribution is 2.43. The predicted molar refractivity (Wildman–Crippen MR) is 82.3 cm³/mol. The van der Waals surface area contributed by atoms with Crippen molar-refractivity contribution in [2.45, 2.75) is 18.6 Å². The maximum Gasteiger partial charge on any atom is 0.108 e. The van der Waals surface area contributed by atoms with Crippen molar-refractivity contribution in [3.63, 3.8) is 0 Å². The Morgan fingerprint density at radius 1 is 0.800 bits per heavy atom. The summed E-state index contributed by atoms with van der Waals surface area (Å²) in [5.74, 6) is 0. The van der Waals surface area contributed by atoms with Gasteiger partial charge in [-0.25, -0.2) is 0 Å². The molecule has 1 aliphatic rings. The minimum atomic E-state index is -0.0948. The van der Waals surface area contributed by atoms with Crippen molar-refractivity contribution in [1.29, 1.82) is 0 Å². The molecule has 1 saturated heterocycles. The predicted octanol–water partition coefficient (Wildman–Crippen LogP) is 5.00. The first-order valence-electron chi connectivity index (χ1n) is 6.88. The Bertz CT molecular complexity index is 613. The number of rotatable bonds is 2. The molecule has 1 heteroatoms. The van der Waals surface area contributed by atoms with Crippen molar-refractivity contribution in [1.82, 2.24) is 0 Å². The van der Waals surface area contributed by atoms with Crippen LogP contribution in [0.5, 0.6) is 0 Å². The molecule has 1 nitrogen and oxygen atoms in total. The zero-order valence-corrected chi connectivity index (χ0v) is 11.5. The highest BCUT2D eigenvalue weighted by atomic mass is 16.5. The summed E-state index contributed by atoms with van der Waals surface area (Å²) in [7, 11) is 0. The Labute approximate surface area is 120 Å². The largest absolute Gasteiger partial charge is 0.361 e. The number of benzene rings is 2. The Hall–Kier alpha value is -2.12. The van der Waals surface area contributed by atoms with E-state index in [1.54, 1.807) is 0 Å². The zero-order chi connectivity index (χ0) is 13.9.